The predicted molar refractivity (Wildman–Crippen MR) is 83.1 cm³/mol. The van der Waals surface area contributed by atoms with E-state index in [0.29, 0.717) is 12.0 Å². The number of anilines is 1. The Morgan fingerprint density at radius 2 is 2.30 bits per heavy atom. The first kappa shape index (κ1) is 13.9. The monoisotopic (exact) mass is 274 g/mol. The van der Waals surface area contributed by atoms with Gasteiger partial charge in [0.2, 0.25) is 0 Å². The lowest BCUT2D eigenvalue weighted by molar-refractivity contribution is -0.00745. The lowest BCUT2D eigenvalue weighted by Gasteiger charge is -2.36. The zero-order valence-corrected chi connectivity index (χ0v) is 12.7. The largest absolute Gasteiger partial charge is 0.385 e. The van der Waals surface area contributed by atoms with Crippen molar-refractivity contribution in [1.29, 1.82) is 0 Å². The fraction of sp³-hybridized carbons (Fsp3) is 0.647. The number of nitrogens with one attached hydrogen (secondary N) is 1. The minimum Gasteiger partial charge on any atom is -0.385 e. The van der Waals surface area contributed by atoms with E-state index in [4.69, 9.17) is 4.74 Å². The summed E-state index contributed by atoms with van der Waals surface area (Å²) in [6.45, 7) is 6.73. The van der Waals surface area contributed by atoms with Gasteiger partial charge in [0, 0.05) is 32.4 Å². The molecule has 0 aromatic heterocycles. The van der Waals surface area contributed by atoms with Crippen molar-refractivity contribution in [1.82, 2.24) is 4.90 Å². The molecule has 0 amide bonds. The van der Waals surface area contributed by atoms with Gasteiger partial charge in [-0.3, -0.25) is 4.90 Å². The summed E-state index contributed by atoms with van der Waals surface area (Å²) >= 11 is 0. The second-order valence-corrected chi connectivity index (χ2v) is 6.30. The van der Waals surface area contributed by atoms with Crippen LogP contribution in [-0.4, -0.2) is 37.7 Å². The summed E-state index contributed by atoms with van der Waals surface area (Å²) in [7, 11) is 1.84. The lowest BCUT2D eigenvalue weighted by Crippen LogP contribution is -2.43. The summed E-state index contributed by atoms with van der Waals surface area (Å²) in [6.07, 6.45) is 4.10. The molecular weight excluding hydrogens is 248 g/mol. The standard InChI is InChI=1S/C17H26N2O/c1-13-7-9-19(12-17(13)20-2)11-14-5-6-16-15(10-14)4-3-8-18-16/h5-6,10,13,17-18H,3-4,7-9,11-12H2,1-2H3. The number of hydrogen-bond acceptors (Lipinski definition) is 3. The highest BCUT2D eigenvalue weighted by Gasteiger charge is 2.25. The van der Waals surface area contributed by atoms with Crippen molar-refractivity contribution in [2.45, 2.75) is 38.8 Å². The maximum Gasteiger partial charge on any atom is 0.0724 e. The van der Waals surface area contributed by atoms with Gasteiger partial charge in [-0.25, -0.2) is 0 Å². The normalized spacial score (nSPS) is 26.9. The van der Waals surface area contributed by atoms with E-state index in [2.05, 4.69) is 35.3 Å². The Balaban J connectivity index is 1.65. The quantitative estimate of drug-likeness (QED) is 0.917. The molecule has 0 spiro atoms. The van der Waals surface area contributed by atoms with Crippen molar-refractivity contribution in [2.24, 2.45) is 5.92 Å². The van der Waals surface area contributed by atoms with Gasteiger partial charge in [-0.05, 0) is 48.9 Å². The summed E-state index contributed by atoms with van der Waals surface area (Å²) < 4.78 is 5.61. The Morgan fingerprint density at radius 1 is 1.40 bits per heavy atom. The van der Waals surface area contributed by atoms with Gasteiger partial charge in [-0.1, -0.05) is 19.1 Å². The molecule has 1 N–H and O–H groups in total. The first-order valence-corrected chi connectivity index (χ1v) is 7.87. The van der Waals surface area contributed by atoms with Crippen LogP contribution in [0.15, 0.2) is 18.2 Å². The number of likely N-dealkylation sites (tertiary alicyclic amines) is 1. The minimum absolute atomic E-state index is 0.392. The molecule has 3 rings (SSSR count). The van der Waals surface area contributed by atoms with Crippen molar-refractivity contribution < 1.29 is 4.74 Å². The highest BCUT2D eigenvalue weighted by atomic mass is 16.5. The van der Waals surface area contributed by atoms with Crippen LogP contribution in [0.2, 0.25) is 0 Å². The Labute approximate surface area is 122 Å². The molecule has 20 heavy (non-hydrogen) atoms. The first-order chi connectivity index (χ1) is 9.76. The molecule has 2 atom stereocenters. The maximum absolute atomic E-state index is 5.61. The third kappa shape index (κ3) is 2.99. The molecule has 1 fully saturated rings. The Kier molecular flexibility index (Phi) is 4.27. The number of ether oxygens (including phenoxy) is 1. The number of piperidine rings is 1. The molecule has 0 saturated carbocycles. The summed E-state index contributed by atoms with van der Waals surface area (Å²) in [5.41, 5.74) is 4.27. The summed E-state index contributed by atoms with van der Waals surface area (Å²) in [6, 6.07) is 6.92. The second kappa shape index (κ2) is 6.15. The van der Waals surface area contributed by atoms with Crippen molar-refractivity contribution in [3.05, 3.63) is 29.3 Å². The molecule has 2 heterocycles. The van der Waals surface area contributed by atoms with Gasteiger partial charge in [0.1, 0.15) is 0 Å². The molecule has 0 radical (unpaired) electrons. The lowest BCUT2D eigenvalue weighted by atomic mass is 9.95. The Morgan fingerprint density at radius 3 is 3.15 bits per heavy atom. The third-order valence-corrected chi connectivity index (χ3v) is 4.79. The van der Waals surface area contributed by atoms with Crippen LogP contribution in [0.5, 0.6) is 0 Å². The molecule has 110 valence electrons. The van der Waals surface area contributed by atoms with E-state index in [9.17, 15) is 0 Å². The molecule has 2 aliphatic heterocycles. The van der Waals surface area contributed by atoms with Gasteiger partial charge in [-0.2, -0.15) is 0 Å². The number of fused-ring (bicyclic) bond motifs is 1. The maximum atomic E-state index is 5.61. The Bertz CT molecular complexity index is 460. The molecule has 3 heteroatoms. The number of nitrogens with zero attached hydrogens (tertiary/aromatic N) is 1. The van der Waals surface area contributed by atoms with Gasteiger partial charge >= 0.3 is 0 Å². The van der Waals surface area contributed by atoms with Gasteiger partial charge in [0.25, 0.3) is 0 Å². The highest BCUT2D eigenvalue weighted by molar-refractivity contribution is 5.54. The second-order valence-electron chi connectivity index (χ2n) is 6.30. The van der Waals surface area contributed by atoms with Crippen molar-refractivity contribution in [3.63, 3.8) is 0 Å². The van der Waals surface area contributed by atoms with E-state index in [-0.39, 0.29) is 0 Å². The van der Waals surface area contributed by atoms with Crippen molar-refractivity contribution >= 4 is 5.69 Å². The molecule has 0 bridgehead atoms. The Hall–Kier alpha value is -1.06. The van der Waals surface area contributed by atoms with Crippen molar-refractivity contribution in [2.75, 3.05) is 32.1 Å². The molecule has 0 aliphatic carbocycles. The van der Waals surface area contributed by atoms with Crippen molar-refractivity contribution in [3.8, 4) is 0 Å². The van der Waals surface area contributed by atoms with E-state index >= 15 is 0 Å². The molecule has 3 nitrogen and oxygen atoms in total. The number of hydrogen-bond donors (Lipinski definition) is 1. The summed E-state index contributed by atoms with van der Waals surface area (Å²) in [5.74, 6) is 0.684. The fourth-order valence-corrected chi connectivity index (χ4v) is 3.43. The molecule has 1 saturated heterocycles. The van der Waals surface area contributed by atoms with Crippen LogP contribution < -0.4 is 5.32 Å². The summed E-state index contributed by atoms with van der Waals surface area (Å²) in [5, 5.41) is 3.48. The van der Waals surface area contributed by atoms with Crippen LogP contribution in [0.1, 0.15) is 30.9 Å². The molecule has 1 aromatic rings. The molecule has 2 aliphatic rings. The number of benzene rings is 1. The topological polar surface area (TPSA) is 24.5 Å². The van der Waals surface area contributed by atoms with E-state index in [1.165, 1.54) is 42.6 Å². The average Bonchev–Trinajstić information content (AvgIpc) is 2.49. The molecular formula is C17H26N2O. The van der Waals surface area contributed by atoms with Crippen LogP contribution in [0.3, 0.4) is 0 Å². The van der Waals surface area contributed by atoms with E-state index in [1.807, 2.05) is 7.11 Å². The average molecular weight is 274 g/mol. The van der Waals surface area contributed by atoms with Crippen LogP contribution in [0.25, 0.3) is 0 Å². The SMILES string of the molecule is COC1CN(Cc2ccc3c(c2)CCCN3)CCC1C. The molecule has 1 aromatic carbocycles. The van der Waals surface area contributed by atoms with E-state index < -0.39 is 0 Å². The third-order valence-electron chi connectivity index (χ3n) is 4.79. The predicted octanol–water partition coefficient (Wildman–Crippen LogP) is 2.90. The first-order valence-electron chi connectivity index (χ1n) is 7.87. The number of aryl methyl sites for hydroxylation is 1. The van der Waals surface area contributed by atoms with E-state index in [1.54, 1.807) is 0 Å². The van der Waals surface area contributed by atoms with Crippen LogP contribution in [-0.2, 0) is 17.7 Å². The van der Waals surface area contributed by atoms with Crippen LogP contribution in [0.4, 0.5) is 5.69 Å². The van der Waals surface area contributed by atoms with Gasteiger partial charge < -0.3 is 10.1 Å². The molecule has 2 unspecified atom stereocenters. The summed E-state index contributed by atoms with van der Waals surface area (Å²) in [4.78, 5) is 2.53. The van der Waals surface area contributed by atoms with Gasteiger partial charge in [0.15, 0.2) is 0 Å². The number of rotatable bonds is 3. The highest BCUT2D eigenvalue weighted by Crippen LogP contribution is 2.25. The number of methoxy groups -OCH3 is 1. The van der Waals surface area contributed by atoms with Crippen LogP contribution >= 0.6 is 0 Å². The van der Waals surface area contributed by atoms with Gasteiger partial charge in [-0.15, -0.1) is 0 Å². The van der Waals surface area contributed by atoms with Gasteiger partial charge in [0.05, 0.1) is 6.10 Å². The van der Waals surface area contributed by atoms with E-state index in [0.717, 1.165) is 19.6 Å². The zero-order valence-electron chi connectivity index (χ0n) is 12.7. The fourth-order valence-electron chi connectivity index (χ4n) is 3.43. The minimum atomic E-state index is 0.392. The van der Waals surface area contributed by atoms with Crippen LogP contribution in [0, 0.1) is 5.92 Å². The smallest absolute Gasteiger partial charge is 0.0724 e. The zero-order chi connectivity index (χ0) is 13.9.